The van der Waals surface area contributed by atoms with Crippen LogP contribution in [0.1, 0.15) is 38.7 Å². The summed E-state index contributed by atoms with van der Waals surface area (Å²) in [7, 11) is 0. The Morgan fingerprint density at radius 3 is 2.59 bits per heavy atom. The summed E-state index contributed by atoms with van der Waals surface area (Å²) in [4.78, 5) is 6.94. The van der Waals surface area contributed by atoms with Crippen molar-refractivity contribution < 1.29 is 0 Å². The molecule has 0 atom stereocenters. The SMILES string of the molecule is C=C(C)c1ccc(N2CCC(CC)CC2)nc1. The minimum Gasteiger partial charge on any atom is -0.357 e. The Kier molecular flexibility index (Phi) is 3.82. The fraction of sp³-hybridized carbons (Fsp3) is 0.533. The molecule has 1 aliphatic rings. The molecular weight excluding hydrogens is 208 g/mol. The van der Waals surface area contributed by atoms with E-state index in [0.717, 1.165) is 36.0 Å². The van der Waals surface area contributed by atoms with Gasteiger partial charge in [-0.2, -0.15) is 0 Å². The number of nitrogens with zero attached hydrogens (tertiary/aromatic N) is 2. The second kappa shape index (κ2) is 5.35. The predicted molar refractivity (Wildman–Crippen MR) is 74.2 cm³/mol. The van der Waals surface area contributed by atoms with Crippen molar-refractivity contribution in [2.24, 2.45) is 5.92 Å². The third-order valence-corrected chi connectivity index (χ3v) is 3.76. The summed E-state index contributed by atoms with van der Waals surface area (Å²) in [6, 6.07) is 4.24. The fourth-order valence-electron chi connectivity index (χ4n) is 2.40. The molecule has 1 aromatic rings. The summed E-state index contributed by atoms with van der Waals surface area (Å²) < 4.78 is 0. The van der Waals surface area contributed by atoms with E-state index in [0.29, 0.717) is 0 Å². The van der Waals surface area contributed by atoms with Crippen molar-refractivity contribution in [3.05, 3.63) is 30.5 Å². The van der Waals surface area contributed by atoms with E-state index in [1.165, 1.54) is 19.3 Å². The molecule has 0 amide bonds. The monoisotopic (exact) mass is 230 g/mol. The average molecular weight is 230 g/mol. The summed E-state index contributed by atoms with van der Waals surface area (Å²) in [5.41, 5.74) is 2.21. The van der Waals surface area contributed by atoms with Crippen molar-refractivity contribution in [3.63, 3.8) is 0 Å². The van der Waals surface area contributed by atoms with Crippen molar-refractivity contribution in [2.75, 3.05) is 18.0 Å². The van der Waals surface area contributed by atoms with E-state index in [9.17, 15) is 0 Å². The van der Waals surface area contributed by atoms with Gasteiger partial charge in [0, 0.05) is 19.3 Å². The number of anilines is 1. The lowest BCUT2D eigenvalue weighted by Gasteiger charge is -2.32. The van der Waals surface area contributed by atoms with Crippen molar-refractivity contribution >= 4 is 11.4 Å². The van der Waals surface area contributed by atoms with Gasteiger partial charge >= 0.3 is 0 Å². The zero-order valence-electron chi connectivity index (χ0n) is 10.9. The molecule has 1 aromatic heterocycles. The predicted octanol–water partition coefficient (Wildman–Crippen LogP) is 3.74. The molecule has 0 spiro atoms. The number of rotatable bonds is 3. The van der Waals surface area contributed by atoms with Crippen LogP contribution in [0.15, 0.2) is 24.9 Å². The highest BCUT2D eigenvalue weighted by atomic mass is 15.2. The molecule has 0 unspecified atom stereocenters. The Morgan fingerprint density at radius 2 is 2.12 bits per heavy atom. The first-order valence-corrected chi connectivity index (χ1v) is 6.57. The highest BCUT2D eigenvalue weighted by Gasteiger charge is 2.18. The van der Waals surface area contributed by atoms with Crippen molar-refractivity contribution in [2.45, 2.75) is 33.1 Å². The molecule has 2 rings (SSSR count). The van der Waals surface area contributed by atoms with Gasteiger partial charge < -0.3 is 4.90 Å². The summed E-state index contributed by atoms with van der Waals surface area (Å²) in [5.74, 6) is 2.03. The first-order valence-electron chi connectivity index (χ1n) is 6.57. The van der Waals surface area contributed by atoms with E-state index in [1.807, 2.05) is 13.1 Å². The Hall–Kier alpha value is -1.31. The molecule has 1 fully saturated rings. The molecule has 92 valence electrons. The van der Waals surface area contributed by atoms with Gasteiger partial charge in [0.1, 0.15) is 5.82 Å². The van der Waals surface area contributed by atoms with Crippen LogP contribution >= 0.6 is 0 Å². The maximum absolute atomic E-state index is 4.54. The average Bonchev–Trinajstić information content (AvgIpc) is 2.39. The molecule has 2 heteroatoms. The normalized spacial score (nSPS) is 17.2. The van der Waals surface area contributed by atoms with Crippen LogP contribution < -0.4 is 4.90 Å². The molecule has 0 bridgehead atoms. The minimum atomic E-state index is 0.918. The first-order chi connectivity index (χ1) is 8.20. The number of pyridine rings is 1. The lowest BCUT2D eigenvalue weighted by molar-refractivity contribution is 0.394. The smallest absolute Gasteiger partial charge is 0.128 e. The van der Waals surface area contributed by atoms with Gasteiger partial charge in [-0.05, 0) is 49.0 Å². The maximum Gasteiger partial charge on any atom is 0.128 e. The van der Waals surface area contributed by atoms with Gasteiger partial charge in [-0.3, -0.25) is 0 Å². The van der Waals surface area contributed by atoms with E-state index in [-0.39, 0.29) is 0 Å². The second-order valence-electron chi connectivity index (χ2n) is 5.02. The molecule has 0 aromatic carbocycles. The van der Waals surface area contributed by atoms with Crippen LogP contribution in [0.25, 0.3) is 5.57 Å². The lowest BCUT2D eigenvalue weighted by atomic mass is 9.94. The first kappa shape index (κ1) is 12.2. The molecule has 0 N–H and O–H groups in total. The number of hydrogen-bond donors (Lipinski definition) is 0. The van der Waals surface area contributed by atoms with Gasteiger partial charge in [-0.15, -0.1) is 0 Å². The van der Waals surface area contributed by atoms with Crippen molar-refractivity contribution in [3.8, 4) is 0 Å². The van der Waals surface area contributed by atoms with Crippen molar-refractivity contribution in [1.29, 1.82) is 0 Å². The topological polar surface area (TPSA) is 16.1 Å². The summed E-state index contributed by atoms with van der Waals surface area (Å²) >= 11 is 0. The Labute approximate surface area is 104 Å². The molecule has 1 saturated heterocycles. The van der Waals surface area contributed by atoms with Crippen LogP contribution in [0.4, 0.5) is 5.82 Å². The standard InChI is InChI=1S/C15H22N2/c1-4-13-7-9-17(10-8-13)15-6-5-14(11-16-15)12(2)3/h5-6,11,13H,2,4,7-10H2,1,3H3. The number of aromatic nitrogens is 1. The van der Waals surface area contributed by atoms with Crippen LogP contribution in [0.3, 0.4) is 0 Å². The van der Waals surface area contributed by atoms with Gasteiger partial charge in [0.05, 0.1) is 0 Å². The van der Waals surface area contributed by atoms with Gasteiger partial charge in [0.2, 0.25) is 0 Å². The Bertz CT molecular complexity index is 372. The highest BCUT2D eigenvalue weighted by molar-refractivity contribution is 5.61. The van der Waals surface area contributed by atoms with E-state index >= 15 is 0 Å². The quantitative estimate of drug-likeness (QED) is 0.786. The fourth-order valence-corrected chi connectivity index (χ4v) is 2.40. The summed E-state index contributed by atoms with van der Waals surface area (Å²) in [6.45, 7) is 10.5. The van der Waals surface area contributed by atoms with Crippen LogP contribution in [0.2, 0.25) is 0 Å². The van der Waals surface area contributed by atoms with Gasteiger partial charge in [-0.25, -0.2) is 4.98 Å². The summed E-state index contributed by atoms with van der Waals surface area (Å²) in [6.07, 6.45) is 5.86. The van der Waals surface area contributed by atoms with E-state index in [1.54, 1.807) is 0 Å². The number of hydrogen-bond acceptors (Lipinski definition) is 2. The summed E-state index contributed by atoms with van der Waals surface area (Å²) in [5, 5.41) is 0. The Morgan fingerprint density at radius 1 is 1.41 bits per heavy atom. The van der Waals surface area contributed by atoms with Gasteiger partial charge in [0.25, 0.3) is 0 Å². The number of piperidine rings is 1. The van der Waals surface area contributed by atoms with E-state index < -0.39 is 0 Å². The molecule has 2 nitrogen and oxygen atoms in total. The van der Waals surface area contributed by atoms with Crippen molar-refractivity contribution in [1.82, 2.24) is 4.98 Å². The molecule has 2 heterocycles. The minimum absolute atomic E-state index is 0.918. The molecular formula is C15H22N2. The zero-order valence-corrected chi connectivity index (χ0v) is 10.9. The molecule has 0 radical (unpaired) electrons. The second-order valence-corrected chi connectivity index (χ2v) is 5.02. The van der Waals surface area contributed by atoms with Gasteiger partial charge in [-0.1, -0.05) is 19.9 Å². The van der Waals surface area contributed by atoms with Crippen LogP contribution in [0.5, 0.6) is 0 Å². The van der Waals surface area contributed by atoms with Crippen LogP contribution in [-0.2, 0) is 0 Å². The third kappa shape index (κ3) is 2.87. The molecule has 0 saturated carbocycles. The van der Waals surface area contributed by atoms with Crippen LogP contribution in [0, 0.1) is 5.92 Å². The highest BCUT2D eigenvalue weighted by Crippen LogP contribution is 2.24. The zero-order chi connectivity index (χ0) is 12.3. The van der Waals surface area contributed by atoms with E-state index in [4.69, 9.17) is 0 Å². The largest absolute Gasteiger partial charge is 0.357 e. The molecule has 17 heavy (non-hydrogen) atoms. The van der Waals surface area contributed by atoms with Gasteiger partial charge in [0.15, 0.2) is 0 Å². The molecule has 1 aliphatic heterocycles. The lowest BCUT2D eigenvalue weighted by Crippen LogP contribution is -2.33. The van der Waals surface area contributed by atoms with Crippen LogP contribution in [-0.4, -0.2) is 18.1 Å². The Balaban J connectivity index is 2.01. The number of allylic oxidation sites excluding steroid dienone is 1. The third-order valence-electron chi connectivity index (χ3n) is 3.76. The maximum atomic E-state index is 4.54. The van der Waals surface area contributed by atoms with E-state index in [2.05, 4.69) is 35.5 Å². The molecule has 0 aliphatic carbocycles.